The molecule has 0 radical (unpaired) electrons. The molecule has 0 saturated heterocycles. The smallest absolute Gasteiger partial charge is 0.197 e. The minimum atomic E-state index is -0.117. The maximum absolute atomic E-state index is 12.0. The van der Waals surface area contributed by atoms with Crippen LogP contribution in [-0.2, 0) is 4.79 Å². The summed E-state index contributed by atoms with van der Waals surface area (Å²) in [6, 6.07) is 0. The van der Waals surface area contributed by atoms with Crippen LogP contribution in [0.2, 0.25) is 0 Å². The molecule has 0 bridgehead atoms. The van der Waals surface area contributed by atoms with Gasteiger partial charge in [0.05, 0.1) is 6.10 Å². The van der Waals surface area contributed by atoms with Crippen LogP contribution in [0.25, 0.3) is 0 Å². The lowest BCUT2D eigenvalue weighted by Gasteiger charge is -2.59. The maximum atomic E-state index is 12.0. The number of Topliss-reactive ketones (excluding diaryl/α,β-unsaturated/α-hetero) is 1. The number of carbonyl (C=O) groups is 1. The molecular weight excluding hydrogens is 288 g/mol. The van der Waals surface area contributed by atoms with E-state index in [0.717, 1.165) is 50.0 Å². The number of ketones is 1. The number of carbonyl (C=O) groups excluding carboxylic acids is 1. The number of hydrogen-bond donors (Lipinski definition) is 2. The molecule has 23 heavy (non-hydrogen) atoms. The molecule has 4 saturated carbocycles. The van der Waals surface area contributed by atoms with Gasteiger partial charge in [0, 0.05) is 6.42 Å². The summed E-state index contributed by atoms with van der Waals surface area (Å²) in [5.41, 5.74) is 1.55. The molecule has 3 heteroatoms. The van der Waals surface area contributed by atoms with E-state index in [1.165, 1.54) is 6.42 Å². The van der Waals surface area contributed by atoms with E-state index in [-0.39, 0.29) is 28.5 Å². The fourth-order valence-electron chi connectivity index (χ4n) is 7.89. The summed E-state index contributed by atoms with van der Waals surface area (Å²) in [4.78, 5) is 12.0. The predicted octanol–water partition coefficient (Wildman–Crippen LogP) is 3.76. The van der Waals surface area contributed by atoms with Gasteiger partial charge < -0.3 is 10.2 Å². The molecule has 126 valence electrons. The maximum Gasteiger partial charge on any atom is 0.197 e. The van der Waals surface area contributed by atoms with E-state index >= 15 is 0 Å². The van der Waals surface area contributed by atoms with Crippen molar-refractivity contribution in [3.63, 3.8) is 0 Å². The van der Waals surface area contributed by atoms with Crippen LogP contribution in [0.3, 0.4) is 0 Å². The molecular formula is C20H28O3. The van der Waals surface area contributed by atoms with E-state index in [9.17, 15) is 15.0 Å². The van der Waals surface area contributed by atoms with Crippen LogP contribution in [0.5, 0.6) is 0 Å². The molecule has 0 aromatic carbocycles. The Balaban J connectivity index is 1.59. The van der Waals surface area contributed by atoms with E-state index in [1.54, 1.807) is 0 Å². The lowest BCUT2D eigenvalue weighted by molar-refractivity contribution is -0.124. The summed E-state index contributed by atoms with van der Waals surface area (Å²) in [7, 11) is 0. The average Bonchev–Trinajstić information content (AvgIpc) is 3.17. The highest BCUT2D eigenvalue weighted by molar-refractivity contribution is 5.95. The van der Waals surface area contributed by atoms with Crippen LogP contribution in [-0.4, -0.2) is 22.1 Å². The molecule has 1 unspecified atom stereocenters. The minimum absolute atomic E-state index is 0.0116. The highest BCUT2D eigenvalue weighted by atomic mass is 16.3. The molecule has 4 fully saturated rings. The van der Waals surface area contributed by atoms with Gasteiger partial charge in [-0.3, -0.25) is 4.79 Å². The minimum Gasteiger partial charge on any atom is -0.504 e. The van der Waals surface area contributed by atoms with Crippen molar-refractivity contribution in [2.45, 2.75) is 71.3 Å². The Hall–Kier alpha value is -0.830. The molecule has 0 aromatic rings. The number of rotatable bonds is 0. The van der Waals surface area contributed by atoms with Gasteiger partial charge in [0.15, 0.2) is 11.5 Å². The summed E-state index contributed by atoms with van der Waals surface area (Å²) in [6.07, 6.45) is 7.86. The number of aliphatic hydroxyl groups excluding tert-OH is 2. The number of hydrogen-bond acceptors (Lipinski definition) is 3. The lowest BCUT2D eigenvalue weighted by atomic mass is 9.45. The van der Waals surface area contributed by atoms with Crippen LogP contribution < -0.4 is 0 Å². The monoisotopic (exact) mass is 316 g/mol. The normalized spacial score (nSPS) is 57.4. The van der Waals surface area contributed by atoms with Crippen molar-refractivity contribution in [2.24, 2.45) is 34.0 Å². The van der Waals surface area contributed by atoms with Crippen molar-refractivity contribution in [1.82, 2.24) is 0 Å². The molecule has 0 aliphatic heterocycles. The Kier molecular flexibility index (Phi) is 2.55. The Morgan fingerprint density at radius 3 is 2.65 bits per heavy atom. The topological polar surface area (TPSA) is 57.5 Å². The Morgan fingerprint density at radius 2 is 1.87 bits per heavy atom. The summed E-state index contributed by atoms with van der Waals surface area (Å²) >= 11 is 0. The van der Waals surface area contributed by atoms with Gasteiger partial charge >= 0.3 is 0 Å². The van der Waals surface area contributed by atoms with Crippen molar-refractivity contribution < 1.29 is 15.0 Å². The molecule has 0 aromatic heterocycles. The van der Waals surface area contributed by atoms with Gasteiger partial charge in [0.25, 0.3) is 0 Å². The van der Waals surface area contributed by atoms with Crippen LogP contribution in [0.4, 0.5) is 0 Å². The first kappa shape index (κ1) is 14.5. The van der Waals surface area contributed by atoms with Crippen molar-refractivity contribution in [3.8, 4) is 0 Å². The quantitative estimate of drug-likeness (QED) is 0.715. The molecule has 0 amide bonds. The average molecular weight is 316 g/mol. The number of fused-ring (bicyclic) bond motifs is 3. The van der Waals surface area contributed by atoms with Crippen molar-refractivity contribution in [2.75, 3.05) is 0 Å². The van der Waals surface area contributed by atoms with Gasteiger partial charge in [-0.1, -0.05) is 13.8 Å². The first-order valence-corrected chi connectivity index (χ1v) is 9.48. The molecule has 2 N–H and O–H groups in total. The van der Waals surface area contributed by atoms with E-state index in [1.807, 2.05) is 0 Å². The summed E-state index contributed by atoms with van der Waals surface area (Å²) in [5.74, 6) is 2.04. The van der Waals surface area contributed by atoms with E-state index in [0.29, 0.717) is 23.7 Å². The number of aliphatic hydroxyl groups is 2. The third-order valence-electron chi connectivity index (χ3n) is 9.22. The van der Waals surface area contributed by atoms with Gasteiger partial charge in [0.2, 0.25) is 0 Å². The van der Waals surface area contributed by atoms with Crippen LogP contribution in [0.1, 0.15) is 65.2 Å². The second-order valence-electron chi connectivity index (χ2n) is 9.57. The van der Waals surface area contributed by atoms with Crippen molar-refractivity contribution in [1.29, 1.82) is 0 Å². The Morgan fingerprint density at radius 1 is 1.09 bits per heavy atom. The fraction of sp³-hybridized carbons (Fsp3) is 0.850. The second-order valence-corrected chi connectivity index (χ2v) is 9.57. The lowest BCUT2D eigenvalue weighted by Crippen LogP contribution is -2.54. The molecule has 3 nitrogen and oxygen atoms in total. The molecule has 5 aliphatic rings. The first-order valence-electron chi connectivity index (χ1n) is 9.48. The third-order valence-corrected chi connectivity index (χ3v) is 9.22. The SMILES string of the molecule is C[C@]12CCC(=O)C(O)=C1CC[C@@H]1[C@@H]2CC[C@]2(C)[C@H](O)CC3C[C@]312. The van der Waals surface area contributed by atoms with Gasteiger partial charge in [-0.2, -0.15) is 0 Å². The van der Waals surface area contributed by atoms with E-state index in [4.69, 9.17) is 0 Å². The van der Waals surface area contributed by atoms with Gasteiger partial charge in [-0.25, -0.2) is 0 Å². The highest BCUT2D eigenvalue weighted by Crippen LogP contribution is 2.82. The van der Waals surface area contributed by atoms with Gasteiger partial charge in [0.1, 0.15) is 0 Å². The molecule has 5 rings (SSSR count). The van der Waals surface area contributed by atoms with Crippen LogP contribution in [0, 0.1) is 34.0 Å². The fourth-order valence-corrected chi connectivity index (χ4v) is 7.89. The van der Waals surface area contributed by atoms with E-state index < -0.39 is 0 Å². The Bertz CT molecular complexity index is 637. The largest absolute Gasteiger partial charge is 0.504 e. The van der Waals surface area contributed by atoms with Crippen LogP contribution >= 0.6 is 0 Å². The van der Waals surface area contributed by atoms with Gasteiger partial charge in [-0.15, -0.1) is 0 Å². The molecule has 5 aliphatic carbocycles. The third kappa shape index (κ3) is 1.41. The van der Waals surface area contributed by atoms with Gasteiger partial charge in [-0.05, 0) is 84.5 Å². The van der Waals surface area contributed by atoms with Crippen molar-refractivity contribution in [3.05, 3.63) is 11.3 Å². The zero-order valence-electron chi connectivity index (χ0n) is 14.3. The van der Waals surface area contributed by atoms with E-state index in [2.05, 4.69) is 13.8 Å². The standard InChI is InChI=1S/C20H28O3/c1-18-7-6-15(21)17(23)14(18)4-3-13-12(18)5-8-19(2)16(22)9-11-10-20(11,13)19/h11-13,16,22-23H,3-10H2,1-2H3/t11?,12-,13+,16+,18+,19+,20-/m0/s1. The predicted molar refractivity (Wildman–Crippen MR) is 86.7 cm³/mol. The zero-order valence-corrected chi connectivity index (χ0v) is 14.3. The Labute approximate surface area is 138 Å². The highest BCUT2D eigenvalue weighted by Gasteiger charge is 2.77. The molecule has 0 heterocycles. The van der Waals surface area contributed by atoms with Crippen molar-refractivity contribution >= 4 is 5.78 Å². The molecule has 1 spiro atoms. The van der Waals surface area contributed by atoms with Crippen LogP contribution in [0.15, 0.2) is 11.3 Å². The first-order chi connectivity index (χ1) is 10.8. The second kappa shape index (κ2) is 4.04. The molecule has 7 atom stereocenters. The summed E-state index contributed by atoms with van der Waals surface area (Å²) < 4.78 is 0. The number of allylic oxidation sites excluding steroid dienone is 1. The summed E-state index contributed by atoms with van der Waals surface area (Å²) in [5, 5.41) is 21.0. The zero-order chi connectivity index (χ0) is 16.2. The summed E-state index contributed by atoms with van der Waals surface area (Å²) in [6.45, 7) is 4.65.